The van der Waals surface area contributed by atoms with Crippen LogP contribution in [0.4, 0.5) is 5.13 Å². The van der Waals surface area contributed by atoms with Crippen LogP contribution >= 0.6 is 22.7 Å². The van der Waals surface area contributed by atoms with E-state index in [4.69, 9.17) is 0 Å². The lowest BCUT2D eigenvalue weighted by Gasteiger charge is -2.38. The summed E-state index contributed by atoms with van der Waals surface area (Å²) in [4.78, 5) is 45.6. The molecule has 1 saturated carbocycles. The van der Waals surface area contributed by atoms with E-state index in [0.29, 0.717) is 41.9 Å². The second kappa shape index (κ2) is 8.40. The van der Waals surface area contributed by atoms with E-state index < -0.39 is 0 Å². The number of rotatable bonds is 5. The molecule has 3 heterocycles. The molecule has 3 amide bonds. The van der Waals surface area contributed by atoms with Gasteiger partial charge in [-0.3, -0.25) is 19.7 Å². The van der Waals surface area contributed by atoms with Crippen LogP contribution in [0.25, 0.3) is 0 Å². The van der Waals surface area contributed by atoms with E-state index in [1.165, 1.54) is 22.7 Å². The largest absolute Gasteiger partial charge is 0.339 e. The Balaban J connectivity index is 1.26. The smallest absolute Gasteiger partial charge is 0.267 e. The first-order valence-corrected chi connectivity index (χ1v) is 11.2. The molecule has 0 bridgehead atoms. The highest BCUT2D eigenvalue weighted by molar-refractivity contribution is 7.14. The van der Waals surface area contributed by atoms with Crippen molar-refractivity contribution in [2.45, 2.75) is 25.7 Å². The minimum atomic E-state index is -0.186. The van der Waals surface area contributed by atoms with Gasteiger partial charge in [-0.05, 0) is 24.3 Å². The number of thiazole rings is 1. The topological polar surface area (TPSA) is 82.6 Å². The fourth-order valence-corrected chi connectivity index (χ4v) is 4.69. The van der Waals surface area contributed by atoms with Gasteiger partial charge in [0.1, 0.15) is 0 Å². The van der Waals surface area contributed by atoms with Crippen LogP contribution < -0.4 is 5.32 Å². The summed E-state index contributed by atoms with van der Waals surface area (Å²) < 4.78 is 0. The monoisotopic (exact) mass is 418 g/mol. The van der Waals surface area contributed by atoms with Gasteiger partial charge in [0.25, 0.3) is 5.91 Å². The number of hydrogen-bond acceptors (Lipinski definition) is 6. The highest BCUT2D eigenvalue weighted by Gasteiger charge is 2.32. The molecule has 0 unspecified atom stereocenters. The second-order valence-electron chi connectivity index (χ2n) is 7.09. The number of piperazine rings is 1. The van der Waals surface area contributed by atoms with E-state index in [0.717, 1.165) is 19.3 Å². The lowest BCUT2D eigenvalue weighted by atomic mass is 9.84. The lowest BCUT2D eigenvalue weighted by molar-refractivity contribution is -0.143. The van der Waals surface area contributed by atoms with Gasteiger partial charge < -0.3 is 9.80 Å². The number of carbonyl (C=O) groups is 3. The third-order valence-corrected chi connectivity index (χ3v) is 6.92. The Morgan fingerprint density at radius 3 is 2.50 bits per heavy atom. The number of amides is 3. The summed E-state index contributed by atoms with van der Waals surface area (Å²) in [6, 6.07) is 3.58. The molecule has 9 heteroatoms. The van der Waals surface area contributed by atoms with E-state index in [1.54, 1.807) is 16.3 Å². The lowest BCUT2D eigenvalue weighted by Crippen LogP contribution is -2.52. The third-order valence-electron chi connectivity index (χ3n) is 5.25. The zero-order chi connectivity index (χ0) is 19.5. The number of nitrogens with one attached hydrogen (secondary N) is 1. The Bertz CT molecular complexity index is 852. The second-order valence-corrected chi connectivity index (χ2v) is 8.89. The van der Waals surface area contributed by atoms with Gasteiger partial charge in [0, 0.05) is 37.5 Å². The molecule has 0 spiro atoms. The van der Waals surface area contributed by atoms with Crippen molar-refractivity contribution in [1.82, 2.24) is 14.8 Å². The molecule has 1 saturated heterocycles. The Kier molecular flexibility index (Phi) is 5.72. The minimum Gasteiger partial charge on any atom is -0.339 e. The van der Waals surface area contributed by atoms with Crippen molar-refractivity contribution >= 4 is 45.5 Å². The van der Waals surface area contributed by atoms with Crippen LogP contribution in [0.1, 0.15) is 34.6 Å². The molecule has 2 aliphatic rings. The molecule has 0 atom stereocenters. The third kappa shape index (κ3) is 4.25. The zero-order valence-corrected chi connectivity index (χ0v) is 17.1. The highest BCUT2D eigenvalue weighted by Crippen LogP contribution is 2.28. The quantitative estimate of drug-likeness (QED) is 0.809. The van der Waals surface area contributed by atoms with Crippen LogP contribution in [-0.4, -0.2) is 58.7 Å². The zero-order valence-electron chi connectivity index (χ0n) is 15.4. The van der Waals surface area contributed by atoms with Gasteiger partial charge in [-0.1, -0.05) is 12.5 Å². The van der Waals surface area contributed by atoms with Crippen LogP contribution in [-0.2, 0) is 16.0 Å². The van der Waals surface area contributed by atoms with Gasteiger partial charge in [-0.15, -0.1) is 22.7 Å². The number of aromatic nitrogens is 1. The molecule has 2 fully saturated rings. The molecule has 4 rings (SSSR count). The van der Waals surface area contributed by atoms with Gasteiger partial charge >= 0.3 is 0 Å². The van der Waals surface area contributed by atoms with Crippen LogP contribution in [0.2, 0.25) is 0 Å². The molecule has 148 valence electrons. The van der Waals surface area contributed by atoms with E-state index in [2.05, 4.69) is 10.3 Å². The van der Waals surface area contributed by atoms with Gasteiger partial charge in [0.15, 0.2) is 5.13 Å². The van der Waals surface area contributed by atoms with Gasteiger partial charge in [-0.2, -0.15) is 0 Å². The maximum Gasteiger partial charge on any atom is 0.267 e. The molecule has 0 aromatic carbocycles. The van der Waals surface area contributed by atoms with Gasteiger partial charge in [0.05, 0.1) is 17.0 Å². The maximum atomic E-state index is 12.6. The van der Waals surface area contributed by atoms with Crippen LogP contribution in [0.15, 0.2) is 22.9 Å². The molecule has 1 aliphatic heterocycles. The minimum absolute atomic E-state index is 0.0113. The Morgan fingerprint density at radius 2 is 1.86 bits per heavy atom. The average Bonchev–Trinajstić information content (AvgIpc) is 3.32. The molecule has 1 aliphatic carbocycles. The van der Waals surface area contributed by atoms with Crippen LogP contribution in [0, 0.1) is 5.92 Å². The van der Waals surface area contributed by atoms with E-state index in [9.17, 15) is 14.4 Å². The number of hydrogen-bond donors (Lipinski definition) is 1. The van der Waals surface area contributed by atoms with Crippen molar-refractivity contribution in [2.24, 2.45) is 5.92 Å². The summed E-state index contributed by atoms with van der Waals surface area (Å²) in [5.74, 6) is 0.288. The van der Waals surface area contributed by atoms with E-state index >= 15 is 0 Å². The van der Waals surface area contributed by atoms with Crippen molar-refractivity contribution in [2.75, 3.05) is 31.5 Å². The normalized spacial score (nSPS) is 17.3. The molecule has 2 aromatic heterocycles. The molecular weight excluding hydrogens is 396 g/mol. The predicted molar refractivity (Wildman–Crippen MR) is 109 cm³/mol. The van der Waals surface area contributed by atoms with E-state index in [1.807, 2.05) is 16.3 Å². The molecule has 2 aromatic rings. The number of anilines is 1. The number of nitrogens with zero attached hydrogens (tertiary/aromatic N) is 3. The summed E-state index contributed by atoms with van der Waals surface area (Å²) in [5, 5.41) is 6.92. The Morgan fingerprint density at radius 1 is 1.11 bits per heavy atom. The van der Waals surface area contributed by atoms with Gasteiger partial charge in [0.2, 0.25) is 11.8 Å². The van der Waals surface area contributed by atoms with Crippen molar-refractivity contribution in [3.8, 4) is 0 Å². The summed E-state index contributed by atoms with van der Waals surface area (Å²) in [6.45, 7) is 2.37. The van der Waals surface area contributed by atoms with Crippen molar-refractivity contribution in [3.05, 3.63) is 33.5 Å². The maximum absolute atomic E-state index is 12.6. The standard InChI is InChI=1S/C19H22N4O3S2/c24-16(22-6-8-23(9-7-22)18(26)13-3-1-4-13)11-14-12-28-19(20-14)21-17(25)15-5-2-10-27-15/h2,5,10,12-13H,1,3-4,6-9,11H2,(H,20,21,25). The summed E-state index contributed by atoms with van der Waals surface area (Å²) in [7, 11) is 0. The molecule has 1 N–H and O–H groups in total. The first-order chi connectivity index (χ1) is 13.6. The molecule has 28 heavy (non-hydrogen) atoms. The average molecular weight is 419 g/mol. The van der Waals surface area contributed by atoms with Crippen molar-refractivity contribution in [1.29, 1.82) is 0 Å². The van der Waals surface area contributed by atoms with Crippen LogP contribution in [0.3, 0.4) is 0 Å². The first-order valence-electron chi connectivity index (χ1n) is 9.46. The summed E-state index contributed by atoms with van der Waals surface area (Å²) in [6.07, 6.45) is 3.38. The fraction of sp³-hybridized carbons (Fsp3) is 0.474. The highest BCUT2D eigenvalue weighted by atomic mass is 32.1. The molecule has 7 nitrogen and oxygen atoms in total. The number of carbonyl (C=O) groups excluding carboxylic acids is 3. The molecule has 0 radical (unpaired) electrons. The predicted octanol–water partition coefficient (Wildman–Crippen LogP) is 2.47. The Labute approximate surface area is 171 Å². The van der Waals surface area contributed by atoms with Crippen LogP contribution in [0.5, 0.6) is 0 Å². The van der Waals surface area contributed by atoms with Crippen molar-refractivity contribution < 1.29 is 14.4 Å². The Hall–Kier alpha value is -2.26. The van der Waals surface area contributed by atoms with E-state index in [-0.39, 0.29) is 30.1 Å². The number of thiophene rings is 1. The van der Waals surface area contributed by atoms with Crippen molar-refractivity contribution in [3.63, 3.8) is 0 Å². The summed E-state index contributed by atoms with van der Waals surface area (Å²) in [5.41, 5.74) is 0.657. The molecular formula is C19H22N4O3S2. The van der Waals surface area contributed by atoms with Gasteiger partial charge in [-0.25, -0.2) is 4.98 Å². The first kappa shape index (κ1) is 19.1. The SMILES string of the molecule is O=C(Nc1nc(CC(=O)N2CCN(C(=O)C3CCC3)CC2)cs1)c1cccs1. The fourth-order valence-electron chi connectivity index (χ4n) is 3.37. The summed E-state index contributed by atoms with van der Waals surface area (Å²) >= 11 is 2.69.